The molecule has 2 rings (SSSR count). The molecule has 0 saturated carbocycles. The average Bonchev–Trinajstić information content (AvgIpc) is 2.62. The van der Waals surface area contributed by atoms with Crippen LogP contribution in [-0.4, -0.2) is 24.9 Å². The van der Waals surface area contributed by atoms with Gasteiger partial charge in [-0.2, -0.15) is 0 Å². The van der Waals surface area contributed by atoms with E-state index < -0.39 is 0 Å². The summed E-state index contributed by atoms with van der Waals surface area (Å²) in [5, 5.41) is 6.59. The van der Waals surface area contributed by atoms with E-state index in [0.29, 0.717) is 40.8 Å². The molecule has 26 heavy (non-hydrogen) atoms. The zero-order chi connectivity index (χ0) is 19.1. The third-order valence-corrected chi connectivity index (χ3v) is 4.44. The molecule has 0 aliphatic carbocycles. The highest BCUT2D eigenvalue weighted by Gasteiger charge is 2.18. The number of nitrogens with one attached hydrogen (secondary N) is 2. The maximum Gasteiger partial charge on any atom is 0.253 e. The maximum atomic E-state index is 12.6. The van der Waals surface area contributed by atoms with E-state index in [1.54, 1.807) is 43.3 Å². The first-order valence-corrected chi connectivity index (χ1v) is 9.00. The Morgan fingerprint density at radius 3 is 2.58 bits per heavy atom. The normalized spacial score (nSPS) is 11.7. The van der Waals surface area contributed by atoms with Crippen LogP contribution in [0, 0.1) is 5.92 Å². The van der Waals surface area contributed by atoms with E-state index in [9.17, 15) is 9.59 Å². The van der Waals surface area contributed by atoms with E-state index >= 15 is 0 Å². The number of halogens is 2. The zero-order valence-electron chi connectivity index (χ0n) is 14.4. The standard InChI is InChI=1S/C19H21Cl2N3O2/c1-12(10-13-6-7-14(20)11-16(13)21)18(25)24-17-5-3-2-4-15(17)19(26)23-9-8-22/h2-7,11-12H,8-10,22H2,1H3,(H,23,26)(H,24,25). The van der Waals surface area contributed by atoms with Gasteiger partial charge in [-0.3, -0.25) is 9.59 Å². The van der Waals surface area contributed by atoms with Crippen LogP contribution in [0.2, 0.25) is 10.0 Å². The molecule has 1 unspecified atom stereocenters. The molecule has 0 radical (unpaired) electrons. The molecule has 0 aromatic heterocycles. The number of benzene rings is 2. The highest BCUT2D eigenvalue weighted by molar-refractivity contribution is 6.35. The van der Waals surface area contributed by atoms with Gasteiger partial charge in [0.2, 0.25) is 5.91 Å². The Hall–Kier alpha value is -2.08. The Labute approximate surface area is 162 Å². The van der Waals surface area contributed by atoms with Crippen LogP contribution in [0.4, 0.5) is 5.69 Å². The number of nitrogens with two attached hydrogens (primary N) is 1. The summed E-state index contributed by atoms with van der Waals surface area (Å²) >= 11 is 12.1. The topological polar surface area (TPSA) is 84.2 Å². The SMILES string of the molecule is CC(Cc1ccc(Cl)cc1Cl)C(=O)Nc1ccccc1C(=O)NCCN. The highest BCUT2D eigenvalue weighted by atomic mass is 35.5. The van der Waals surface area contributed by atoms with E-state index in [-0.39, 0.29) is 17.7 Å². The minimum Gasteiger partial charge on any atom is -0.351 e. The summed E-state index contributed by atoms with van der Waals surface area (Å²) in [5.74, 6) is -0.816. The molecular formula is C19H21Cl2N3O2. The van der Waals surface area contributed by atoms with Gasteiger partial charge in [-0.15, -0.1) is 0 Å². The van der Waals surface area contributed by atoms with E-state index in [4.69, 9.17) is 28.9 Å². The van der Waals surface area contributed by atoms with Gasteiger partial charge in [-0.1, -0.05) is 48.3 Å². The van der Waals surface area contributed by atoms with E-state index in [1.165, 1.54) is 0 Å². The van der Waals surface area contributed by atoms with Gasteiger partial charge in [0.25, 0.3) is 5.91 Å². The lowest BCUT2D eigenvalue weighted by Gasteiger charge is -2.15. The number of carbonyl (C=O) groups is 2. The molecule has 4 N–H and O–H groups in total. The van der Waals surface area contributed by atoms with Gasteiger partial charge >= 0.3 is 0 Å². The van der Waals surface area contributed by atoms with Crippen molar-refractivity contribution >= 4 is 40.7 Å². The molecule has 5 nitrogen and oxygen atoms in total. The lowest BCUT2D eigenvalue weighted by atomic mass is 10.00. The Balaban J connectivity index is 2.08. The van der Waals surface area contributed by atoms with Crippen molar-refractivity contribution in [2.75, 3.05) is 18.4 Å². The summed E-state index contributed by atoms with van der Waals surface area (Å²) in [7, 11) is 0. The maximum absolute atomic E-state index is 12.6. The van der Waals surface area contributed by atoms with E-state index in [0.717, 1.165) is 5.56 Å². The van der Waals surface area contributed by atoms with Crippen LogP contribution >= 0.6 is 23.2 Å². The van der Waals surface area contributed by atoms with E-state index in [2.05, 4.69) is 10.6 Å². The molecule has 2 aromatic rings. The van der Waals surface area contributed by atoms with Crippen LogP contribution in [0.1, 0.15) is 22.8 Å². The third-order valence-electron chi connectivity index (χ3n) is 3.85. The molecule has 0 saturated heterocycles. The van der Waals surface area contributed by atoms with Crippen molar-refractivity contribution in [3.63, 3.8) is 0 Å². The van der Waals surface area contributed by atoms with Crippen molar-refractivity contribution in [2.24, 2.45) is 11.7 Å². The van der Waals surface area contributed by atoms with Crippen LogP contribution in [0.25, 0.3) is 0 Å². The molecule has 0 fully saturated rings. The zero-order valence-corrected chi connectivity index (χ0v) is 15.9. The predicted octanol–water partition coefficient (Wildman–Crippen LogP) is 3.50. The molecule has 0 bridgehead atoms. The van der Waals surface area contributed by atoms with Crippen molar-refractivity contribution in [1.29, 1.82) is 0 Å². The summed E-state index contributed by atoms with van der Waals surface area (Å²) in [6, 6.07) is 12.0. The molecule has 138 valence electrons. The number of hydrogen-bond acceptors (Lipinski definition) is 3. The van der Waals surface area contributed by atoms with Crippen LogP contribution in [0.15, 0.2) is 42.5 Å². The number of carbonyl (C=O) groups excluding carboxylic acids is 2. The molecular weight excluding hydrogens is 373 g/mol. The lowest BCUT2D eigenvalue weighted by Crippen LogP contribution is -2.30. The van der Waals surface area contributed by atoms with Gasteiger partial charge < -0.3 is 16.4 Å². The van der Waals surface area contributed by atoms with Crippen LogP contribution in [-0.2, 0) is 11.2 Å². The molecule has 0 aliphatic heterocycles. The molecule has 7 heteroatoms. The Morgan fingerprint density at radius 2 is 1.88 bits per heavy atom. The first kappa shape index (κ1) is 20.2. The first-order chi connectivity index (χ1) is 12.4. The third kappa shape index (κ3) is 5.46. The summed E-state index contributed by atoms with van der Waals surface area (Å²) in [5.41, 5.74) is 7.10. The predicted molar refractivity (Wildman–Crippen MR) is 106 cm³/mol. The molecule has 0 heterocycles. The minimum atomic E-state index is -0.339. The Bertz CT molecular complexity index is 796. The fraction of sp³-hybridized carbons (Fsp3) is 0.263. The van der Waals surface area contributed by atoms with Crippen molar-refractivity contribution in [3.05, 3.63) is 63.6 Å². The summed E-state index contributed by atoms with van der Waals surface area (Å²) < 4.78 is 0. The van der Waals surface area contributed by atoms with Gasteiger partial charge in [-0.05, 0) is 36.2 Å². The smallest absolute Gasteiger partial charge is 0.253 e. The van der Waals surface area contributed by atoms with Gasteiger partial charge in [0.15, 0.2) is 0 Å². The second-order valence-corrected chi connectivity index (χ2v) is 6.76. The van der Waals surface area contributed by atoms with Crippen LogP contribution in [0.3, 0.4) is 0 Å². The Morgan fingerprint density at radius 1 is 1.15 bits per heavy atom. The summed E-state index contributed by atoms with van der Waals surface area (Å²) in [6.07, 6.45) is 0.462. The second-order valence-electron chi connectivity index (χ2n) is 5.92. The van der Waals surface area contributed by atoms with Crippen LogP contribution < -0.4 is 16.4 Å². The van der Waals surface area contributed by atoms with Crippen molar-refractivity contribution < 1.29 is 9.59 Å². The minimum absolute atomic E-state index is 0.199. The number of hydrogen-bond donors (Lipinski definition) is 3. The number of para-hydroxylation sites is 1. The van der Waals surface area contributed by atoms with Gasteiger partial charge in [0.1, 0.15) is 0 Å². The van der Waals surface area contributed by atoms with Crippen LogP contribution in [0.5, 0.6) is 0 Å². The largest absolute Gasteiger partial charge is 0.351 e. The fourth-order valence-corrected chi connectivity index (χ4v) is 2.92. The number of anilines is 1. The molecule has 2 amide bonds. The van der Waals surface area contributed by atoms with Crippen molar-refractivity contribution in [1.82, 2.24) is 5.32 Å². The van der Waals surface area contributed by atoms with Gasteiger partial charge in [-0.25, -0.2) is 0 Å². The monoisotopic (exact) mass is 393 g/mol. The Kier molecular flexibility index (Phi) is 7.45. The fourth-order valence-electron chi connectivity index (χ4n) is 2.44. The first-order valence-electron chi connectivity index (χ1n) is 8.24. The summed E-state index contributed by atoms with van der Waals surface area (Å²) in [6.45, 7) is 2.52. The van der Waals surface area contributed by atoms with Gasteiger partial charge in [0.05, 0.1) is 11.3 Å². The average molecular weight is 394 g/mol. The number of rotatable bonds is 7. The van der Waals surface area contributed by atoms with Crippen molar-refractivity contribution in [2.45, 2.75) is 13.3 Å². The van der Waals surface area contributed by atoms with Gasteiger partial charge in [0, 0.05) is 29.1 Å². The highest BCUT2D eigenvalue weighted by Crippen LogP contribution is 2.24. The summed E-state index contributed by atoms with van der Waals surface area (Å²) in [4.78, 5) is 24.7. The molecule has 0 spiro atoms. The lowest BCUT2D eigenvalue weighted by molar-refractivity contribution is -0.119. The van der Waals surface area contributed by atoms with E-state index in [1.807, 2.05) is 6.07 Å². The molecule has 0 aliphatic rings. The molecule has 2 aromatic carbocycles. The number of amides is 2. The van der Waals surface area contributed by atoms with Crippen molar-refractivity contribution in [3.8, 4) is 0 Å². The molecule has 1 atom stereocenters. The quantitative estimate of drug-likeness (QED) is 0.672. The second kappa shape index (κ2) is 9.57.